The summed E-state index contributed by atoms with van der Waals surface area (Å²) < 4.78 is 0. The number of rotatable bonds is 3. The molecule has 0 aromatic carbocycles. The number of hydrogen-bond donors (Lipinski definition) is 1. The Morgan fingerprint density at radius 2 is 1.67 bits per heavy atom. The molecule has 0 saturated carbocycles. The molecule has 0 fully saturated rings. The molecule has 0 amide bonds. The van der Waals surface area contributed by atoms with Crippen molar-refractivity contribution in [1.82, 2.24) is 15.0 Å². The predicted octanol–water partition coefficient (Wildman–Crippen LogP) is 2.90. The molecule has 0 aliphatic carbocycles. The Morgan fingerprint density at radius 1 is 0.857 bits per heavy atom. The quantitative estimate of drug-likeness (QED) is 0.796. The van der Waals surface area contributed by atoms with Gasteiger partial charge in [-0.15, -0.1) is 0 Å². The van der Waals surface area contributed by atoms with Gasteiger partial charge in [-0.05, 0) is 36.4 Å². The highest BCUT2D eigenvalue weighted by molar-refractivity contribution is 5.89. The highest BCUT2D eigenvalue weighted by Crippen LogP contribution is 2.27. The first kappa shape index (κ1) is 12.9. The topological polar surface area (TPSA) is 76.0 Å². The zero-order chi connectivity index (χ0) is 14.7. The van der Waals surface area contributed by atoms with Crippen LogP contribution in [-0.4, -0.2) is 26.0 Å². The van der Waals surface area contributed by atoms with E-state index in [0.717, 1.165) is 11.3 Å². The van der Waals surface area contributed by atoms with Crippen molar-refractivity contribution >= 4 is 5.97 Å². The van der Waals surface area contributed by atoms with Crippen molar-refractivity contribution in [3.63, 3.8) is 0 Å². The lowest BCUT2D eigenvalue weighted by atomic mass is 10.1. The van der Waals surface area contributed by atoms with Crippen molar-refractivity contribution in [3.05, 3.63) is 66.6 Å². The maximum Gasteiger partial charge on any atom is 0.335 e. The Kier molecular flexibility index (Phi) is 3.39. The number of carboxylic acid groups (broad SMARTS) is 1. The molecular weight excluding hydrogens is 266 g/mol. The fraction of sp³-hybridized carbons (Fsp3) is 0. The fourth-order valence-electron chi connectivity index (χ4n) is 2.03. The van der Waals surface area contributed by atoms with E-state index in [0.29, 0.717) is 11.4 Å². The van der Waals surface area contributed by atoms with E-state index in [-0.39, 0.29) is 5.56 Å². The van der Waals surface area contributed by atoms with E-state index in [1.54, 1.807) is 12.4 Å². The number of nitrogens with zero attached hydrogens (tertiary/aromatic N) is 3. The van der Waals surface area contributed by atoms with Crippen LogP contribution in [0.4, 0.5) is 0 Å². The summed E-state index contributed by atoms with van der Waals surface area (Å²) in [5, 5.41) is 9.08. The summed E-state index contributed by atoms with van der Waals surface area (Å²) in [6, 6.07) is 12.3. The SMILES string of the molecule is O=C(O)c1ccnc(-c2ncccc2-c2ccccn2)c1. The van der Waals surface area contributed by atoms with Gasteiger partial charge < -0.3 is 5.11 Å². The highest BCUT2D eigenvalue weighted by Gasteiger charge is 2.12. The largest absolute Gasteiger partial charge is 0.478 e. The Morgan fingerprint density at radius 3 is 2.43 bits per heavy atom. The predicted molar refractivity (Wildman–Crippen MR) is 77.7 cm³/mol. The van der Waals surface area contributed by atoms with E-state index in [1.807, 2.05) is 30.3 Å². The van der Waals surface area contributed by atoms with Gasteiger partial charge in [-0.25, -0.2) is 4.79 Å². The second-order valence-electron chi connectivity index (χ2n) is 4.35. The van der Waals surface area contributed by atoms with Crippen molar-refractivity contribution in [1.29, 1.82) is 0 Å². The molecule has 1 N–H and O–H groups in total. The van der Waals surface area contributed by atoms with Gasteiger partial charge in [0.1, 0.15) is 0 Å². The molecule has 0 atom stereocenters. The van der Waals surface area contributed by atoms with Crippen LogP contribution in [0.25, 0.3) is 22.6 Å². The van der Waals surface area contributed by atoms with Crippen molar-refractivity contribution in [2.75, 3.05) is 0 Å². The third-order valence-electron chi connectivity index (χ3n) is 3.00. The summed E-state index contributed by atoms with van der Waals surface area (Å²) in [6.07, 6.45) is 4.82. The average Bonchev–Trinajstić information content (AvgIpc) is 2.56. The van der Waals surface area contributed by atoms with Crippen LogP contribution in [0.1, 0.15) is 10.4 Å². The summed E-state index contributed by atoms with van der Waals surface area (Å²) in [4.78, 5) is 23.9. The molecular formula is C16H11N3O2. The van der Waals surface area contributed by atoms with Crippen LogP contribution in [0.3, 0.4) is 0 Å². The summed E-state index contributed by atoms with van der Waals surface area (Å²) in [5.41, 5.74) is 2.88. The molecule has 3 rings (SSSR count). The molecule has 21 heavy (non-hydrogen) atoms. The number of aromatic nitrogens is 3. The first-order chi connectivity index (χ1) is 10.3. The van der Waals surface area contributed by atoms with Crippen molar-refractivity contribution in [3.8, 4) is 22.6 Å². The second-order valence-corrected chi connectivity index (χ2v) is 4.35. The maximum atomic E-state index is 11.1. The number of carboxylic acids is 1. The first-order valence-electron chi connectivity index (χ1n) is 6.32. The van der Waals surface area contributed by atoms with Crippen molar-refractivity contribution < 1.29 is 9.90 Å². The molecule has 102 valence electrons. The minimum Gasteiger partial charge on any atom is -0.478 e. The molecule has 0 aliphatic heterocycles. The van der Waals surface area contributed by atoms with Crippen LogP contribution in [0, 0.1) is 0 Å². The molecule has 5 nitrogen and oxygen atoms in total. The smallest absolute Gasteiger partial charge is 0.335 e. The average molecular weight is 277 g/mol. The summed E-state index contributed by atoms with van der Waals surface area (Å²) in [7, 11) is 0. The standard InChI is InChI=1S/C16H11N3O2/c20-16(21)11-6-9-18-14(10-11)15-12(4-3-8-19-15)13-5-1-2-7-17-13/h1-10H,(H,20,21). The molecule has 0 aliphatic rings. The number of carbonyl (C=O) groups is 1. The van der Waals surface area contributed by atoms with Crippen LogP contribution in [0.2, 0.25) is 0 Å². The molecule has 0 bridgehead atoms. The zero-order valence-corrected chi connectivity index (χ0v) is 11.0. The van der Waals surface area contributed by atoms with Gasteiger partial charge in [-0.1, -0.05) is 6.07 Å². The maximum absolute atomic E-state index is 11.1. The van der Waals surface area contributed by atoms with Crippen LogP contribution in [0.15, 0.2) is 61.1 Å². The minimum absolute atomic E-state index is 0.178. The molecule has 0 radical (unpaired) electrons. The Labute approximate surface area is 121 Å². The molecule has 3 heterocycles. The van der Waals surface area contributed by atoms with Gasteiger partial charge in [-0.3, -0.25) is 15.0 Å². The van der Waals surface area contributed by atoms with Crippen LogP contribution in [-0.2, 0) is 0 Å². The van der Waals surface area contributed by atoms with Crippen LogP contribution >= 0.6 is 0 Å². The van der Waals surface area contributed by atoms with Gasteiger partial charge >= 0.3 is 5.97 Å². The van der Waals surface area contributed by atoms with Gasteiger partial charge in [0.05, 0.1) is 22.6 Å². The fourth-order valence-corrected chi connectivity index (χ4v) is 2.03. The zero-order valence-electron chi connectivity index (χ0n) is 11.0. The van der Waals surface area contributed by atoms with Crippen LogP contribution < -0.4 is 0 Å². The first-order valence-corrected chi connectivity index (χ1v) is 6.32. The van der Waals surface area contributed by atoms with Crippen LogP contribution in [0.5, 0.6) is 0 Å². The summed E-state index contributed by atoms with van der Waals surface area (Å²) in [6.45, 7) is 0. The Bertz CT molecular complexity index is 788. The second kappa shape index (κ2) is 5.50. The molecule has 3 aromatic rings. The number of aromatic carboxylic acids is 1. The molecule has 3 aromatic heterocycles. The summed E-state index contributed by atoms with van der Waals surface area (Å²) in [5.74, 6) is -0.992. The van der Waals surface area contributed by atoms with E-state index in [2.05, 4.69) is 15.0 Å². The highest BCUT2D eigenvalue weighted by atomic mass is 16.4. The molecule has 0 unspecified atom stereocenters. The van der Waals surface area contributed by atoms with E-state index >= 15 is 0 Å². The Hall–Kier alpha value is -3.08. The normalized spacial score (nSPS) is 10.3. The van der Waals surface area contributed by atoms with Gasteiger partial charge in [0, 0.05) is 24.2 Å². The van der Waals surface area contributed by atoms with E-state index in [1.165, 1.54) is 18.3 Å². The van der Waals surface area contributed by atoms with Gasteiger partial charge in [0.25, 0.3) is 0 Å². The molecule has 0 saturated heterocycles. The minimum atomic E-state index is -0.992. The van der Waals surface area contributed by atoms with Crippen molar-refractivity contribution in [2.45, 2.75) is 0 Å². The number of hydrogen-bond acceptors (Lipinski definition) is 4. The van der Waals surface area contributed by atoms with E-state index in [9.17, 15) is 4.79 Å². The third kappa shape index (κ3) is 2.62. The Balaban J connectivity index is 2.16. The van der Waals surface area contributed by atoms with Crippen molar-refractivity contribution in [2.24, 2.45) is 0 Å². The van der Waals surface area contributed by atoms with E-state index < -0.39 is 5.97 Å². The van der Waals surface area contributed by atoms with Gasteiger partial charge in [0.15, 0.2) is 0 Å². The number of pyridine rings is 3. The lowest BCUT2D eigenvalue weighted by Gasteiger charge is -2.07. The molecule has 0 spiro atoms. The van der Waals surface area contributed by atoms with Gasteiger partial charge in [0.2, 0.25) is 0 Å². The monoisotopic (exact) mass is 277 g/mol. The van der Waals surface area contributed by atoms with E-state index in [4.69, 9.17) is 5.11 Å². The lowest BCUT2D eigenvalue weighted by molar-refractivity contribution is 0.0697. The lowest BCUT2D eigenvalue weighted by Crippen LogP contribution is -1.99. The third-order valence-corrected chi connectivity index (χ3v) is 3.00. The molecule has 5 heteroatoms. The summed E-state index contributed by atoms with van der Waals surface area (Å²) >= 11 is 0. The van der Waals surface area contributed by atoms with Gasteiger partial charge in [-0.2, -0.15) is 0 Å².